The molecule has 3 fully saturated rings. The highest BCUT2D eigenvalue weighted by Crippen LogP contribution is 2.73. The number of ether oxygens (including phenoxy) is 2. The number of methoxy groups -OCH3 is 2. The smallest absolute Gasteiger partial charge is 0.314 e. The Balaban J connectivity index is 1.96. The van der Waals surface area contributed by atoms with E-state index in [1.54, 1.807) is 13.0 Å². The van der Waals surface area contributed by atoms with E-state index in [-0.39, 0.29) is 5.92 Å². The first kappa shape index (κ1) is 19.6. The number of aliphatic hydroxyl groups excluding tert-OH is 2. The molecule has 0 saturated heterocycles. The lowest BCUT2D eigenvalue weighted by molar-refractivity contribution is -0.177. The van der Waals surface area contributed by atoms with E-state index in [2.05, 4.69) is 6.58 Å². The number of allylic oxidation sites excluding steroid dienone is 1. The summed E-state index contributed by atoms with van der Waals surface area (Å²) in [4.78, 5) is 25.9. The van der Waals surface area contributed by atoms with Gasteiger partial charge in [0, 0.05) is 5.92 Å². The van der Waals surface area contributed by atoms with Crippen molar-refractivity contribution >= 4 is 11.9 Å². The minimum Gasteiger partial charge on any atom is -0.469 e. The summed E-state index contributed by atoms with van der Waals surface area (Å²) >= 11 is 0. The summed E-state index contributed by atoms with van der Waals surface area (Å²) in [5.74, 6) is -2.68. The Hall–Kier alpha value is -1.70. The van der Waals surface area contributed by atoms with Crippen molar-refractivity contribution in [3.05, 3.63) is 23.8 Å². The van der Waals surface area contributed by atoms with Crippen molar-refractivity contribution in [1.82, 2.24) is 0 Å². The van der Waals surface area contributed by atoms with Gasteiger partial charge in [0.05, 0.1) is 37.9 Å². The molecule has 28 heavy (non-hydrogen) atoms. The fraction of sp³-hybridized carbons (Fsp3) is 0.714. The van der Waals surface area contributed by atoms with Gasteiger partial charge in [-0.15, -0.1) is 0 Å². The quantitative estimate of drug-likeness (QED) is 0.469. The molecule has 0 aromatic carbocycles. The molecule has 4 aliphatic rings. The van der Waals surface area contributed by atoms with Crippen molar-refractivity contribution in [2.24, 2.45) is 28.6 Å². The van der Waals surface area contributed by atoms with Crippen LogP contribution in [0.3, 0.4) is 0 Å². The maximum atomic E-state index is 13.0. The molecule has 1 spiro atoms. The van der Waals surface area contributed by atoms with E-state index in [9.17, 15) is 24.9 Å². The highest BCUT2D eigenvalue weighted by molar-refractivity contribution is 5.83. The number of carbonyl (C=O) groups excluding carboxylic acids is 2. The second-order valence-corrected chi connectivity index (χ2v) is 9.17. The molecular weight excluding hydrogens is 364 g/mol. The largest absolute Gasteiger partial charge is 0.469 e. The third kappa shape index (κ3) is 2.10. The highest BCUT2D eigenvalue weighted by Gasteiger charge is 2.74. The second-order valence-electron chi connectivity index (χ2n) is 9.17. The van der Waals surface area contributed by atoms with E-state index in [0.717, 1.165) is 5.57 Å². The van der Waals surface area contributed by atoms with Gasteiger partial charge in [0.25, 0.3) is 0 Å². The van der Waals surface area contributed by atoms with Crippen molar-refractivity contribution in [1.29, 1.82) is 0 Å². The number of rotatable bonds is 2. The van der Waals surface area contributed by atoms with Crippen LogP contribution in [0.2, 0.25) is 0 Å². The van der Waals surface area contributed by atoms with Crippen LogP contribution in [0, 0.1) is 28.6 Å². The van der Waals surface area contributed by atoms with Gasteiger partial charge >= 0.3 is 11.9 Å². The van der Waals surface area contributed by atoms with Crippen LogP contribution in [0.1, 0.15) is 32.6 Å². The maximum absolute atomic E-state index is 13.0. The zero-order valence-corrected chi connectivity index (χ0v) is 16.5. The topological polar surface area (TPSA) is 113 Å². The Labute approximate surface area is 164 Å². The molecule has 8 atom stereocenters. The number of aliphatic hydroxyl groups is 3. The summed E-state index contributed by atoms with van der Waals surface area (Å²) in [6.07, 6.45) is 0.886. The SMILES string of the molecule is C=C1C[C@]23C[C@@]1(O)CC[C@H]2C1=C[C@@H](O)[C@H](O)[C@@](C)(C(=O)OC)[C@H]1[C@@H]3C(=O)OC. The number of hydrogen-bond donors (Lipinski definition) is 3. The van der Waals surface area contributed by atoms with E-state index in [4.69, 9.17) is 9.47 Å². The molecule has 0 aromatic heterocycles. The summed E-state index contributed by atoms with van der Waals surface area (Å²) in [7, 11) is 2.53. The lowest BCUT2D eigenvalue weighted by atomic mass is 9.60. The van der Waals surface area contributed by atoms with Gasteiger partial charge in [-0.05, 0) is 49.5 Å². The van der Waals surface area contributed by atoms with Crippen LogP contribution in [-0.2, 0) is 19.1 Å². The Bertz CT molecular complexity index is 788. The summed E-state index contributed by atoms with van der Waals surface area (Å²) in [5.41, 5.74) is -1.70. The summed E-state index contributed by atoms with van der Waals surface area (Å²) in [6, 6.07) is 0. The number of hydrogen-bond acceptors (Lipinski definition) is 7. The molecule has 0 radical (unpaired) electrons. The molecule has 2 bridgehead atoms. The molecule has 3 N–H and O–H groups in total. The lowest BCUT2D eigenvalue weighted by Crippen LogP contribution is -2.56. The van der Waals surface area contributed by atoms with Gasteiger partial charge < -0.3 is 24.8 Å². The number of esters is 2. The minimum absolute atomic E-state index is 0.104. The fourth-order valence-corrected chi connectivity index (χ4v) is 6.86. The van der Waals surface area contributed by atoms with Gasteiger partial charge in [-0.25, -0.2) is 0 Å². The maximum Gasteiger partial charge on any atom is 0.314 e. The van der Waals surface area contributed by atoms with Crippen LogP contribution in [0.5, 0.6) is 0 Å². The standard InChI is InChI=1S/C21H28O7/c1-10-8-20-9-21(10,26)6-5-12(20)11-7-13(22)16(23)19(2,18(25)28-4)14(11)15(20)17(24)27-3/h7,12-16,22-23,26H,1,5-6,8-9H2,2-4H3/t12-,13+,14+,15+,16-,19-,20-,21-/m0/s1. The Morgan fingerprint density at radius 1 is 1.25 bits per heavy atom. The van der Waals surface area contributed by atoms with Crippen LogP contribution in [-0.4, -0.2) is 59.3 Å². The molecular formula is C21H28O7. The average molecular weight is 392 g/mol. The third-order valence-corrected chi connectivity index (χ3v) is 8.10. The van der Waals surface area contributed by atoms with Gasteiger partial charge in [-0.2, -0.15) is 0 Å². The average Bonchev–Trinajstić information content (AvgIpc) is 3.04. The zero-order chi connectivity index (χ0) is 20.6. The lowest BCUT2D eigenvalue weighted by Gasteiger charge is -2.45. The van der Waals surface area contributed by atoms with Crippen LogP contribution < -0.4 is 0 Å². The van der Waals surface area contributed by atoms with Crippen molar-refractivity contribution in [2.75, 3.05) is 14.2 Å². The summed E-state index contributed by atoms with van der Waals surface area (Å²) < 4.78 is 10.1. The monoisotopic (exact) mass is 392 g/mol. The van der Waals surface area contributed by atoms with Crippen molar-refractivity contribution in [2.45, 2.75) is 50.4 Å². The summed E-state index contributed by atoms with van der Waals surface area (Å²) in [5, 5.41) is 32.4. The Morgan fingerprint density at radius 2 is 1.93 bits per heavy atom. The second kappa shape index (κ2) is 5.90. The van der Waals surface area contributed by atoms with E-state index in [1.165, 1.54) is 14.2 Å². The van der Waals surface area contributed by atoms with Crippen LogP contribution >= 0.6 is 0 Å². The minimum atomic E-state index is -1.51. The highest BCUT2D eigenvalue weighted by atomic mass is 16.5. The first-order valence-electron chi connectivity index (χ1n) is 9.71. The first-order valence-corrected chi connectivity index (χ1v) is 9.71. The van der Waals surface area contributed by atoms with Gasteiger partial charge in [0.2, 0.25) is 0 Å². The third-order valence-electron chi connectivity index (χ3n) is 8.10. The molecule has 7 nitrogen and oxygen atoms in total. The van der Waals surface area contributed by atoms with Gasteiger partial charge in [0.1, 0.15) is 5.41 Å². The molecule has 154 valence electrons. The van der Waals surface area contributed by atoms with Crippen LogP contribution in [0.4, 0.5) is 0 Å². The number of carbonyl (C=O) groups is 2. The van der Waals surface area contributed by atoms with Crippen LogP contribution in [0.25, 0.3) is 0 Å². The fourth-order valence-electron chi connectivity index (χ4n) is 6.86. The predicted molar refractivity (Wildman–Crippen MR) is 97.7 cm³/mol. The van der Waals surface area contributed by atoms with Gasteiger partial charge in [-0.1, -0.05) is 18.2 Å². The van der Waals surface area contributed by atoms with E-state index < -0.39 is 52.4 Å². The van der Waals surface area contributed by atoms with Crippen molar-refractivity contribution < 1.29 is 34.4 Å². The zero-order valence-electron chi connectivity index (χ0n) is 16.5. The molecule has 7 heteroatoms. The van der Waals surface area contributed by atoms with Crippen LogP contribution in [0.15, 0.2) is 23.8 Å². The Morgan fingerprint density at radius 3 is 2.54 bits per heavy atom. The molecule has 0 aliphatic heterocycles. The number of fused-ring (bicyclic) bond motifs is 3. The predicted octanol–water partition coefficient (Wildman–Crippen LogP) is 0.724. The molecule has 0 unspecified atom stereocenters. The molecule has 4 aliphatic carbocycles. The van der Waals surface area contributed by atoms with E-state index in [0.29, 0.717) is 31.3 Å². The van der Waals surface area contributed by atoms with E-state index >= 15 is 0 Å². The first-order chi connectivity index (χ1) is 13.1. The molecule has 3 saturated carbocycles. The molecule has 0 aromatic rings. The molecule has 0 heterocycles. The molecule has 4 rings (SSSR count). The molecule has 0 amide bonds. The van der Waals surface area contributed by atoms with E-state index in [1.807, 2.05) is 0 Å². The normalized spacial score (nSPS) is 49.1. The van der Waals surface area contributed by atoms with Gasteiger partial charge in [-0.3, -0.25) is 9.59 Å². The Kier molecular flexibility index (Phi) is 4.14. The van der Waals surface area contributed by atoms with Crippen molar-refractivity contribution in [3.8, 4) is 0 Å². The van der Waals surface area contributed by atoms with Gasteiger partial charge in [0.15, 0.2) is 0 Å². The van der Waals surface area contributed by atoms with Crippen molar-refractivity contribution in [3.63, 3.8) is 0 Å². The summed E-state index contributed by atoms with van der Waals surface area (Å²) in [6.45, 7) is 5.61.